The van der Waals surface area contributed by atoms with Crippen molar-refractivity contribution in [2.75, 3.05) is 15.4 Å². The Bertz CT molecular complexity index is 1140. The highest BCUT2D eigenvalue weighted by Gasteiger charge is 2.19. The zero-order valence-corrected chi connectivity index (χ0v) is 18.8. The largest absolute Gasteiger partial charge is 0.337 e. The molecule has 3 aromatic rings. The molecule has 30 heavy (non-hydrogen) atoms. The zero-order chi connectivity index (χ0) is 21.9. The Hall–Kier alpha value is -2.91. The van der Waals surface area contributed by atoms with Gasteiger partial charge in [0.05, 0.1) is 10.6 Å². The van der Waals surface area contributed by atoms with E-state index in [4.69, 9.17) is 16.7 Å². The van der Waals surface area contributed by atoms with E-state index in [0.717, 1.165) is 5.69 Å². The van der Waals surface area contributed by atoms with Gasteiger partial charge in [0.25, 0.3) is 10.0 Å². The van der Waals surface area contributed by atoms with Crippen molar-refractivity contribution in [3.8, 4) is 0 Å². The molecule has 0 fully saturated rings. The summed E-state index contributed by atoms with van der Waals surface area (Å²) in [4.78, 5) is 0.102. The van der Waals surface area contributed by atoms with Crippen molar-refractivity contribution < 1.29 is 12.9 Å². The van der Waals surface area contributed by atoms with Gasteiger partial charge in [-0.15, -0.1) is 0 Å². The van der Waals surface area contributed by atoms with E-state index in [2.05, 4.69) is 46.5 Å². The number of rotatable bonds is 6. The van der Waals surface area contributed by atoms with Gasteiger partial charge in [-0.05, 0) is 73.9 Å². The number of benzene rings is 2. The second-order valence-electron chi connectivity index (χ2n) is 7.21. The maximum Gasteiger partial charge on any atom is 0.264 e. The Morgan fingerprint density at radius 1 is 0.967 bits per heavy atom. The molecule has 158 valence electrons. The standard InChI is InChI=1S/C21H24N4O3S2/c1-13(2)16-5-7-17(8-6-16)22-21(29)23-18-9-11-19(12-10-18)30(26,27)25-20-14(3)15(4)24-28-20/h5-13,25H,1-4H3,(H2,22,23,29). The Morgan fingerprint density at radius 3 is 1.97 bits per heavy atom. The molecule has 0 unspecified atom stereocenters. The van der Waals surface area contributed by atoms with E-state index in [1.165, 1.54) is 17.7 Å². The lowest BCUT2D eigenvalue weighted by Gasteiger charge is -2.12. The third-order valence-electron chi connectivity index (χ3n) is 4.64. The van der Waals surface area contributed by atoms with Crippen LogP contribution in [0.15, 0.2) is 57.9 Å². The number of anilines is 3. The van der Waals surface area contributed by atoms with Gasteiger partial charge >= 0.3 is 0 Å². The van der Waals surface area contributed by atoms with Gasteiger partial charge in [-0.2, -0.15) is 0 Å². The van der Waals surface area contributed by atoms with Crippen LogP contribution in [0.2, 0.25) is 0 Å². The summed E-state index contributed by atoms with van der Waals surface area (Å²) in [5.74, 6) is 0.578. The summed E-state index contributed by atoms with van der Waals surface area (Å²) in [5.41, 5.74) is 4.07. The molecule has 0 saturated carbocycles. The number of aryl methyl sites for hydroxylation is 1. The number of thiocarbonyl (C=S) groups is 1. The molecule has 2 aromatic carbocycles. The van der Waals surface area contributed by atoms with Gasteiger partial charge in [-0.25, -0.2) is 13.1 Å². The van der Waals surface area contributed by atoms with Crippen LogP contribution < -0.4 is 15.4 Å². The fraction of sp³-hybridized carbons (Fsp3) is 0.238. The highest BCUT2D eigenvalue weighted by molar-refractivity contribution is 7.92. The van der Waals surface area contributed by atoms with Gasteiger partial charge < -0.3 is 15.2 Å². The second-order valence-corrected chi connectivity index (χ2v) is 9.30. The lowest BCUT2D eigenvalue weighted by atomic mass is 10.0. The third kappa shape index (κ3) is 5.17. The van der Waals surface area contributed by atoms with E-state index in [9.17, 15) is 8.42 Å². The lowest BCUT2D eigenvalue weighted by Crippen LogP contribution is -2.19. The summed E-state index contributed by atoms with van der Waals surface area (Å²) in [6.07, 6.45) is 0. The van der Waals surface area contributed by atoms with Gasteiger partial charge in [0.2, 0.25) is 5.88 Å². The average Bonchev–Trinajstić information content (AvgIpc) is 3.00. The first-order valence-electron chi connectivity index (χ1n) is 9.39. The highest BCUT2D eigenvalue weighted by Crippen LogP contribution is 2.23. The monoisotopic (exact) mass is 444 g/mol. The van der Waals surface area contributed by atoms with Crippen LogP contribution in [0.25, 0.3) is 0 Å². The molecule has 3 N–H and O–H groups in total. The van der Waals surface area contributed by atoms with Crippen LogP contribution in [0.5, 0.6) is 0 Å². The molecule has 0 aliphatic rings. The van der Waals surface area contributed by atoms with Crippen LogP contribution in [0.4, 0.5) is 17.3 Å². The quantitative estimate of drug-likeness (QED) is 0.459. The van der Waals surface area contributed by atoms with Crippen molar-refractivity contribution in [1.82, 2.24) is 5.16 Å². The van der Waals surface area contributed by atoms with E-state index in [1.807, 2.05) is 12.1 Å². The molecule has 1 aromatic heterocycles. The molecule has 7 nitrogen and oxygen atoms in total. The van der Waals surface area contributed by atoms with Gasteiger partial charge in [-0.1, -0.05) is 31.1 Å². The summed E-state index contributed by atoms with van der Waals surface area (Å²) < 4.78 is 32.6. The van der Waals surface area contributed by atoms with Crippen molar-refractivity contribution >= 4 is 44.6 Å². The Morgan fingerprint density at radius 2 is 1.50 bits per heavy atom. The van der Waals surface area contributed by atoms with Crippen molar-refractivity contribution in [3.05, 3.63) is 65.4 Å². The third-order valence-corrected chi connectivity index (χ3v) is 6.19. The lowest BCUT2D eigenvalue weighted by molar-refractivity contribution is 0.430. The topological polar surface area (TPSA) is 96.3 Å². The van der Waals surface area contributed by atoms with Crippen LogP contribution >= 0.6 is 12.2 Å². The highest BCUT2D eigenvalue weighted by atomic mass is 32.2. The molecule has 3 rings (SSSR count). The summed E-state index contributed by atoms with van der Waals surface area (Å²) in [5, 5.41) is 10.3. The number of hydrogen-bond donors (Lipinski definition) is 3. The predicted molar refractivity (Wildman–Crippen MR) is 124 cm³/mol. The summed E-state index contributed by atoms with van der Waals surface area (Å²) in [6.45, 7) is 7.76. The predicted octanol–water partition coefficient (Wildman–Crippen LogP) is 5.02. The fourth-order valence-corrected chi connectivity index (χ4v) is 3.94. The average molecular weight is 445 g/mol. The number of nitrogens with one attached hydrogen (secondary N) is 3. The molecule has 0 bridgehead atoms. The van der Waals surface area contributed by atoms with E-state index in [1.54, 1.807) is 26.0 Å². The first-order chi connectivity index (χ1) is 14.2. The molecule has 0 amide bonds. The number of hydrogen-bond acceptors (Lipinski definition) is 5. The molecule has 0 aliphatic heterocycles. The van der Waals surface area contributed by atoms with Crippen molar-refractivity contribution in [2.24, 2.45) is 0 Å². The maximum atomic E-state index is 12.6. The molecule has 0 spiro atoms. The zero-order valence-electron chi connectivity index (χ0n) is 17.2. The van der Waals surface area contributed by atoms with Gasteiger partial charge in [-0.3, -0.25) is 0 Å². The summed E-state index contributed by atoms with van der Waals surface area (Å²) in [7, 11) is -3.79. The summed E-state index contributed by atoms with van der Waals surface area (Å²) in [6, 6.07) is 14.3. The first kappa shape index (κ1) is 21.8. The van der Waals surface area contributed by atoms with Gasteiger partial charge in [0, 0.05) is 16.9 Å². The molecule has 0 radical (unpaired) electrons. The smallest absolute Gasteiger partial charge is 0.264 e. The molecule has 9 heteroatoms. The molecule has 0 saturated heterocycles. The van der Waals surface area contributed by atoms with Crippen LogP contribution in [0.1, 0.15) is 36.6 Å². The van der Waals surface area contributed by atoms with E-state index in [0.29, 0.717) is 28.0 Å². The maximum absolute atomic E-state index is 12.6. The Labute approximate surface area is 181 Å². The summed E-state index contributed by atoms with van der Waals surface area (Å²) >= 11 is 5.34. The van der Waals surface area contributed by atoms with Gasteiger partial charge in [0.15, 0.2) is 5.11 Å². The Kier molecular flexibility index (Phi) is 6.42. The minimum absolute atomic E-state index is 0.102. The SMILES string of the molecule is Cc1noc(NS(=O)(=O)c2ccc(NC(=S)Nc3ccc(C(C)C)cc3)cc2)c1C. The fourth-order valence-electron chi connectivity index (χ4n) is 2.65. The molecule has 0 aliphatic carbocycles. The molecular weight excluding hydrogens is 420 g/mol. The Balaban J connectivity index is 1.63. The number of sulfonamides is 1. The van der Waals surface area contributed by atoms with Crippen LogP contribution in [-0.4, -0.2) is 18.7 Å². The van der Waals surface area contributed by atoms with Gasteiger partial charge in [0.1, 0.15) is 0 Å². The molecular formula is C21H24N4O3S2. The van der Waals surface area contributed by atoms with E-state index >= 15 is 0 Å². The van der Waals surface area contributed by atoms with E-state index in [-0.39, 0.29) is 10.8 Å². The van der Waals surface area contributed by atoms with Crippen molar-refractivity contribution in [3.63, 3.8) is 0 Å². The molecule has 1 heterocycles. The van der Waals surface area contributed by atoms with E-state index < -0.39 is 10.0 Å². The number of nitrogens with zero attached hydrogens (tertiary/aromatic N) is 1. The second kappa shape index (κ2) is 8.85. The van der Waals surface area contributed by atoms with Crippen LogP contribution in [-0.2, 0) is 10.0 Å². The van der Waals surface area contributed by atoms with Crippen LogP contribution in [0, 0.1) is 13.8 Å². The number of aromatic nitrogens is 1. The normalized spacial score (nSPS) is 11.4. The van der Waals surface area contributed by atoms with Crippen molar-refractivity contribution in [1.29, 1.82) is 0 Å². The first-order valence-corrected chi connectivity index (χ1v) is 11.3. The van der Waals surface area contributed by atoms with Crippen molar-refractivity contribution in [2.45, 2.75) is 38.5 Å². The molecule has 0 atom stereocenters. The van der Waals surface area contributed by atoms with Crippen LogP contribution in [0.3, 0.4) is 0 Å². The minimum atomic E-state index is -3.79. The minimum Gasteiger partial charge on any atom is -0.337 e.